The van der Waals surface area contributed by atoms with E-state index in [1.807, 2.05) is 45.9 Å². The maximum absolute atomic E-state index is 13.0. The van der Waals surface area contributed by atoms with Gasteiger partial charge in [-0.1, -0.05) is 26.0 Å². The van der Waals surface area contributed by atoms with Crippen molar-refractivity contribution >= 4 is 29.5 Å². The molecule has 6 nitrogen and oxygen atoms in total. The molecular weight excluding hydrogens is 406 g/mol. The van der Waals surface area contributed by atoms with E-state index in [1.54, 1.807) is 44.6 Å². The third-order valence-electron chi connectivity index (χ3n) is 5.09. The van der Waals surface area contributed by atoms with Gasteiger partial charge in [0.15, 0.2) is 5.78 Å². The molecule has 0 saturated carbocycles. The minimum Gasteiger partial charge on any atom is -0.496 e. The fourth-order valence-electron chi connectivity index (χ4n) is 3.27. The number of anilines is 1. The van der Waals surface area contributed by atoms with Crippen LogP contribution < -0.4 is 19.5 Å². The maximum atomic E-state index is 13.0. The molecule has 0 aromatic heterocycles. The lowest BCUT2D eigenvalue weighted by atomic mass is 9.97. The van der Waals surface area contributed by atoms with Crippen LogP contribution in [0, 0.1) is 5.92 Å². The van der Waals surface area contributed by atoms with Gasteiger partial charge in [0.2, 0.25) is 5.91 Å². The van der Waals surface area contributed by atoms with E-state index in [4.69, 9.17) is 14.2 Å². The number of ketones is 1. The van der Waals surface area contributed by atoms with Crippen molar-refractivity contribution in [2.45, 2.75) is 33.3 Å². The largest absolute Gasteiger partial charge is 0.496 e. The second-order valence-corrected chi connectivity index (χ2v) is 8.40. The number of allylic oxidation sites excluding steroid dienone is 1. The van der Waals surface area contributed by atoms with Crippen LogP contribution in [-0.4, -0.2) is 31.5 Å². The van der Waals surface area contributed by atoms with E-state index in [2.05, 4.69) is 5.32 Å². The van der Waals surface area contributed by atoms with Gasteiger partial charge in [0.1, 0.15) is 22.8 Å². The zero-order valence-electron chi connectivity index (χ0n) is 19.3. The van der Waals surface area contributed by atoms with Gasteiger partial charge in [-0.25, -0.2) is 0 Å². The van der Waals surface area contributed by atoms with Gasteiger partial charge in [-0.3, -0.25) is 9.59 Å². The third kappa shape index (κ3) is 5.02. The van der Waals surface area contributed by atoms with Crippen LogP contribution in [-0.2, 0) is 4.79 Å². The van der Waals surface area contributed by atoms with Crippen molar-refractivity contribution in [3.8, 4) is 17.2 Å². The van der Waals surface area contributed by atoms with E-state index >= 15 is 0 Å². The Labute approximate surface area is 188 Å². The SMILES string of the molecule is COc1ccc(C=CC(=O)c2ccc(OC)c3c2OC(C)(C)C=C3)cc1NC(=O)C(C)C. The summed E-state index contributed by atoms with van der Waals surface area (Å²) in [5, 5.41) is 2.86. The minimum absolute atomic E-state index is 0.113. The van der Waals surface area contributed by atoms with E-state index in [0.717, 1.165) is 11.1 Å². The van der Waals surface area contributed by atoms with Gasteiger partial charge < -0.3 is 19.5 Å². The number of carbonyl (C=O) groups excluding carboxylic acids is 2. The first kappa shape index (κ1) is 23.1. The molecule has 0 aliphatic carbocycles. The number of rotatable bonds is 7. The lowest BCUT2D eigenvalue weighted by Crippen LogP contribution is -2.28. The molecule has 3 rings (SSSR count). The summed E-state index contributed by atoms with van der Waals surface area (Å²) in [6.45, 7) is 7.50. The first-order valence-corrected chi connectivity index (χ1v) is 10.5. The average Bonchev–Trinajstić information content (AvgIpc) is 2.76. The lowest BCUT2D eigenvalue weighted by molar-refractivity contribution is -0.118. The molecule has 1 amide bonds. The molecular formula is C26H29NO5. The summed E-state index contributed by atoms with van der Waals surface area (Å²) in [7, 11) is 3.13. The van der Waals surface area contributed by atoms with Crippen molar-refractivity contribution < 1.29 is 23.8 Å². The summed E-state index contributed by atoms with van der Waals surface area (Å²) in [6, 6.07) is 8.82. The molecule has 0 spiro atoms. The Morgan fingerprint density at radius 2 is 1.75 bits per heavy atom. The van der Waals surface area contributed by atoms with E-state index in [-0.39, 0.29) is 17.6 Å². The van der Waals surface area contributed by atoms with Crippen LogP contribution in [0.5, 0.6) is 17.2 Å². The number of amides is 1. The van der Waals surface area contributed by atoms with Gasteiger partial charge in [0, 0.05) is 5.92 Å². The van der Waals surface area contributed by atoms with Crippen LogP contribution in [0.4, 0.5) is 5.69 Å². The van der Waals surface area contributed by atoms with Gasteiger partial charge >= 0.3 is 0 Å². The highest BCUT2D eigenvalue weighted by Gasteiger charge is 2.27. The first-order valence-electron chi connectivity index (χ1n) is 10.5. The Kier molecular flexibility index (Phi) is 6.72. The Hall–Kier alpha value is -3.54. The molecule has 1 heterocycles. The van der Waals surface area contributed by atoms with Crippen LogP contribution in [0.3, 0.4) is 0 Å². The molecule has 1 aliphatic heterocycles. The molecule has 0 bridgehead atoms. The molecule has 0 radical (unpaired) electrons. The molecule has 0 saturated heterocycles. The minimum atomic E-state index is -0.530. The summed E-state index contributed by atoms with van der Waals surface area (Å²) in [4.78, 5) is 25.2. The van der Waals surface area contributed by atoms with Crippen LogP contribution in [0.25, 0.3) is 12.2 Å². The Balaban J connectivity index is 1.91. The maximum Gasteiger partial charge on any atom is 0.227 e. The van der Waals surface area contributed by atoms with Gasteiger partial charge in [0.25, 0.3) is 0 Å². The Morgan fingerprint density at radius 1 is 1.06 bits per heavy atom. The van der Waals surface area contributed by atoms with Crippen LogP contribution in [0.2, 0.25) is 0 Å². The highest BCUT2D eigenvalue weighted by Crippen LogP contribution is 2.40. The number of hydrogen-bond donors (Lipinski definition) is 1. The summed E-state index contributed by atoms with van der Waals surface area (Å²) >= 11 is 0. The predicted molar refractivity (Wildman–Crippen MR) is 127 cm³/mol. The second-order valence-electron chi connectivity index (χ2n) is 8.40. The summed E-state index contributed by atoms with van der Waals surface area (Å²) in [5.74, 6) is 1.23. The van der Waals surface area contributed by atoms with Crippen molar-refractivity contribution in [1.29, 1.82) is 0 Å². The number of methoxy groups -OCH3 is 2. The van der Waals surface area contributed by atoms with Crippen LogP contribution in [0.15, 0.2) is 42.5 Å². The Morgan fingerprint density at radius 3 is 2.41 bits per heavy atom. The van der Waals surface area contributed by atoms with Crippen LogP contribution >= 0.6 is 0 Å². The van der Waals surface area contributed by atoms with Gasteiger partial charge in [-0.2, -0.15) is 0 Å². The van der Waals surface area contributed by atoms with Crippen molar-refractivity contribution in [2.24, 2.45) is 5.92 Å². The van der Waals surface area contributed by atoms with Crippen LogP contribution in [0.1, 0.15) is 49.2 Å². The van der Waals surface area contributed by atoms with E-state index in [9.17, 15) is 9.59 Å². The van der Waals surface area contributed by atoms with Gasteiger partial charge in [0.05, 0.1) is 31.0 Å². The third-order valence-corrected chi connectivity index (χ3v) is 5.09. The first-order chi connectivity index (χ1) is 15.1. The standard InChI is InChI=1S/C26H29NO5/c1-16(2)25(29)27-20-15-17(8-11-23(20)31-6)7-10-21(28)18-9-12-22(30-5)19-13-14-26(3,4)32-24(18)19/h7-16H,1-6H3,(H,27,29). The fourth-order valence-corrected chi connectivity index (χ4v) is 3.27. The van der Waals surface area contributed by atoms with Crippen molar-refractivity contribution in [2.75, 3.05) is 19.5 Å². The molecule has 6 heteroatoms. The molecule has 1 N–H and O–H groups in total. The number of nitrogens with one attached hydrogen (secondary N) is 1. The molecule has 2 aromatic rings. The second kappa shape index (κ2) is 9.30. The topological polar surface area (TPSA) is 73.9 Å². The van der Waals surface area contributed by atoms with Gasteiger partial charge in [-0.05, 0) is 61.9 Å². The fraction of sp³-hybridized carbons (Fsp3) is 0.308. The van der Waals surface area contributed by atoms with Crippen molar-refractivity contribution in [3.63, 3.8) is 0 Å². The highest BCUT2D eigenvalue weighted by molar-refractivity contribution is 6.09. The lowest BCUT2D eigenvalue weighted by Gasteiger charge is -2.29. The summed E-state index contributed by atoms with van der Waals surface area (Å²) in [6.07, 6.45) is 7.05. The zero-order chi connectivity index (χ0) is 23.5. The predicted octanol–water partition coefficient (Wildman–Crippen LogP) is 5.38. The molecule has 0 atom stereocenters. The van der Waals surface area contributed by atoms with E-state index < -0.39 is 5.60 Å². The van der Waals surface area contributed by atoms with E-state index in [1.165, 1.54) is 6.08 Å². The number of carbonyl (C=O) groups is 2. The van der Waals surface area contributed by atoms with Gasteiger partial charge in [-0.15, -0.1) is 0 Å². The van der Waals surface area contributed by atoms with E-state index in [0.29, 0.717) is 28.5 Å². The molecule has 2 aromatic carbocycles. The van der Waals surface area contributed by atoms with Crippen molar-refractivity contribution in [1.82, 2.24) is 0 Å². The molecule has 0 unspecified atom stereocenters. The molecule has 0 fully saturated rings. The Bertz CT molecular complexity index is 1100. The highest BCUT2D eigenvalue weighted by atomic mass is 16.5. The molecule has 168 valence electrons. The average molecular weight is 436 g/mol. The smallest absolute Gasteiger partial charge is 0.227 e. The zero-order valence-corrected chi connectivity index (χ0v) is 19.3. The number of ether oxygens (including phenoxy) is 3. The molecule has 1 aliphatic rings. The quantitative estimate of drug-likeness (QED) is 0.467. The molecule has 32 heavy (non-hydrogen) atoms. The normalized spacial score (nSPS) is 14.1. The monoisotopic (exact) mass is 435 g/mol. The summed E-state index contributed by atoms with van der Waals surface area (Å²) in [5.41, 5.74) is 1.97. The van der Waals surface area contributed by atoms with Crippen molar-refractivity contribution in [3.05, 3.63) is 59.2 Å². The number of fused-ring (bicyclic) bond motifs is 1. The number of hydrogen-bond acceptors (Lipinski definition) is 5. The number of benzene rings is 2. The summed E-state index contributed by atoms with van der Waals surface area (Å²) < 4.78 is 16.9.